The summed E-state index contributed by atoms with van der Waals surface area (Å²) in [6.07, 6.45) is 0. The Hall–Kier alpha value is -3.59. The Morgan fingerprint density at radius 3 is 2.67 bits per heavy atom. The second-order valence-corrected chi connectivity index (χ2v) is 7.32. The van der Waals surface area contributed by atoms with Crippen LogP contribution in [0, 0.1) is 18.6 Å². The maximum Gasteiger partial charge on any atom is 0.342 e. The minimum Gasteiger partial charge on any atom is -0.465 e. The first kappa shape index (κ1) is 19.7. The van der Waals surface area contributed by atoms with Gasteiger partial charge in [0.15, 0.2) is 0 Å². The number of esters is 1. The highest BCUT2D eigenvalue weighted by Crippen LogP contribution is 2.40. The number of benzene rings is 2. The molecule has 9 heteroatoms. The Morgan fingerprint density at radius 1 is 1.17 bits per heavy atom. The number of anilines is 1. The molecule has 0 aliphatic heterocycles. The molecule has 0 saturated carbocycles. The molecule has 0 aliphatic carbocycles. The summed E-state index contributed by atoms with van der Waals surface area (Å²) >= 11 is 1.28. The van der Waals surface area contributed by atoms with Gasteiger partial charge in [-0.3, -0.25) is 10.1 Å². The van der Waals surface area contributed by atoms with Gasteiger partial charge in [-0.05, 0) is 37.3 Å². The van der Waals surface area contributed by atoms with Gasteiger partial charge in [0.2, 0.25) is 5.88 Å². The Balaban J connectivity index is 1.84. The van der Waals surface area contributed by atoms with Gasteiger partial charge < -0.3 is 9.15 Å². The lowest BCUT2D eigenvalue weighted by molar-refractivity contribution is 0.0599. The fourth-order valence-corrected chi connectivity index (χ4v) is 4.02. The first-order valence-corrected chi connectivity index (χ1v) is 9.54. The van der Waals surface area contributed by atoms with E-state index in [1.807, 2.05) is 18.2 Å². The Bertz CT molecular complexity index is 1260. The normalized spacial score (nSPS) is 10.9. The van der Waals surface area contributed by atoms with Crippen LogP contribution in [0.4, 0.5) is 14.7 Å². The van der Waals surface area contributed by atoms with Crippen molar-refractivity contribution in [3.05, 3.63) is 71.0 Å². The SMILES string of the molecule is COC(=O)c1c(C)oc(NC(=O)c2cc(F)ccc2F)c1-c1nc2ccccc2s1. The van der Waals surface area contributed by atoms with Crippen LogP contribution >= 0.6 is 11.3 Å². The number of ether oxygens (including phenoxy) is 1. The molecular formula is C21H14F2N2O4S. The van der Waals surface area contributed by atoms with Crippen molar-refractivity contribution >= 4 is 39.3 Å². The first-order valence-electron chi connectivity index (χ1n) is 8.73. The van der Waals surface area contributed by atoms with Crippen molar-refractivity contribution in [2.24, 2.45) is 0 Å². The summed E-state index contributed by atoms with van der Waals surface area (Å²) in [4.78, 5) is 29.5. The van der Waals surface area contributed by atoms with E-state index in [-0.39, 0.29) is 22.8 Å². The number of aryl methyl sites for hydroxylation is 1. The summed E-state index contributed by atoms with van der Waals surface area (Å²) in [6.45, 7) is 1.53. The van der Waals surface area contributed by atoms with Crippen LogP contribution < -0.4 is 5.32 Å². The van der Waals surface area contributed by atoms with Crippen molar-refractivity contribution in [3.63, 3.8) is 0 Å². The molecule has 0 atom stereocenters. The van der Waals surface area contributed by atoms with Crippen LogP contribution in [0.2, 0.25) is 0 Å². The van der Waals surface area contributed by atoms with Crippen LogP contribution in [0.1, 0.15) is 26.5 Å². The molecule has 0 saturated heterocycles. The Morgan fingerprint density at radius 2 is 1.93 bits per heavy atom. The van der Waals surface area contributed by atoms with Gasteiger partial charge in [-0.2, -0.15) is 0 Å². The van der Waals surface area contributed by atoms with E-state index in [0.29, 0.717) is 10.5 Å². The number of hydrogen-bond acceptors (Lipinski definition) is 6. The van der Waals surface area contributed by atoms with E-state index in [0.717, 1.165) is 22.9 Å². The molecule has 6 nitrogen and oxygen atoms in total. The lowest BCUT2D eigenvalue weighted by Crippen LogP contribution is -2.14. The molecule has 2 heterocycles. The third-order valence-corrected chi connectivity index (χ3v) is 5.44. The Labute approximate surface area is 173 Å². The zero-order valence-electron chi connectivity index (χ0n) is 15.8. The van der Waals surface area contributed by atoms with Crippen molar-refractivity contribution in [1.29, 1.82) is 0 Å². The molecule has 30 heavy (non-hydrogen) atoms. The van der Waals surface area contributed by atoms with Gasteiger partial charge in [0, 0.05) is 0 Å². The highest BCUT2D eigenvalue weighted by Gasteiger charge is 2.29. The number of nitrogens with one attached hydrogen (secondary N) is 1. The Kier molecular flexibility index (Phi) is 5.04. The molecule has 152 valence electrons. The summed E-state index contributed by atoms with van der Waals surface area (Å²) in [7, 11) is 1.22. The molecule has 2 aromatic heterocycles. The average Bonchev–Trinajstić information content (AvgIpc) is 3.29. The van der Waals surface area contributed by atoms with Gasteiger partial charge in [0.25, 0.3) is 5.91 Å². The monoisotopic (exact) mass is 428 g/mol. The fraction of sp³-hybridized carbons (Fsp3) is 0.0952. The summed E-state index contributed by atoms with van der Waals surface area (Å²) in [5, 5.41) is 2.83. The second kappa shape index (κ2) is 7.68. The number of nitrogens with zero attached hydrogens (tertiary/aromatic N) is 1. The number of fused-ring (bicyclic) bond motifs is 1. The predicted octanol–water partition coefficient (Wildman–Crippen LogP) is 5.18. The minimum atomic E-state index is -0.931. The summed E-state index contributed by atoms with van der Waals surface area (Å²) in [5.41, 5.74) is 0.497. The molecule has 1 N–H and O–H groups in total. The van der Waals surface area contributed by atoms with Crippen LogP contribution in [0.25, 0.3) is 20.8 Å². The zero-order valence-corrected chi connectivity index (χ0v) is 16.6. The molecule has 0 spiro atoms. The van der Waals surface area contributed by atoms with E-state index in [2.05, 4.69) is 10.3 Å². The van der Waals surface area contributed by atoms with E-state index >= 15 is 0 Å². The van der Waals surface area contributed by atoms with Gasteiger partial charge in [-0.1, -0.05) is 12.1 Å². The smallest absolute Gasteiger partial charge is 0.342 e. The highest BCUT2D eigenvalue weighted by molar-refractivity contribution is 7.21. The second-order valence-electron chi connectivity index (χ2n) is 6.29. The van der Waals surface area contributed by atoms with Crippen LogP contribution in [0.5, 0.6) is 0 Å². The van der Waals surface area contributed by atoms with Crippen molar-refractivity contribution in [2.75, 3.05) is 12.4 Å². The lowest BCUT2D eigenvalue weighted by atomic mass is 10.1. The van der Waals surface area contributed by atoms with Gasteiger partial charge >= 0.3 is 5.97 Å². The third-order valence-electron chi connectivity index (χ3n) is 4.38. The van der Waals surface area contributed by atoms with Crippen molar-refractivity contribution in [3.8, 4) is 10.6 Å². The van der Waals surface area contributed by atoms with Gasteiger partial charge in [-0.15, -0.1) is 11.3 Å². The van der Waals surface area contributed by atoms with Crippen molar-refractivity contribution in [2.45, 2.75) is 6.92 Å². The van der Waals surface area contributed by atoms with E-state index in [1.165, 1.54) is 25.4 Å². The summed E-state index contributed by atoms with van der Waals surface area (Å²) in [6, 6.07) is 9.88. The molecule has 0 bridgehead atoms. The van der Waals surface area contributed by atoms with Crippen molar-refractivity contribution < 1.29 is 27.5 Å². The minimum absolute atomic E-state index is 0.0894. The predicted molar refractivity (Wildman–Crippen MR) is 108 cm³/mol. The topological polar surface area (TPSA) is 81.4 Å². The number of furan rings is 1. The zero-order chi connectivity index (χ0) is 21.4. The van der Waals surface area contributed by atoms with E-state index in [1.54, 1.807) is 6.07 Å². The molecule has 0 aliphatic rings. The number of methoxy groups -OCH3 is 1. The number of carbonyl (C=O) groups is 2. The molecule has 4 rings (SSSR count). The quantitative estimate of drug-likeness (QED) is 0.453. The van der Waals surface area contributed by atoms with Gasteiger partial charge in [-0.25, -0.2) is 18.6 Å². The van der Waals surface area contributed by atoms with E-state index in [4.69, 9.17) is 9.15 Å². The molecule has 0 fully saturated rings. The number of amides is 1. The fourth-order valence-electron chi connectivity index (χ4n) is 3.01. The average molecular weight is 428 g/mol. The number of rotatable bonds is 4. The van der Waals surface area contributed by atoms with E-state index in [9.17, 15) is 18.4 Å². The maximum absolute atomic E-state index is 14.0. The lowest BCUT2D eigenvalue weighted by Gasteiger charge is -2.06. The van der Waals surface area contributed by atoms with E-state index < -0.39 is 29.1 Å². The third kappa shape index (κ3) is 3.43. The highest BCUT2D eigenvalue weighted by atomic mass is 32.1. The summed E-state index contributed by atoms with van der Waals surface area (Å²) in [5.74, 6) is -3.19. The summed E-state index contributed by atoms with van der Waals surface area (Å²) < 4.78 is 38.8. The number of halogens is 2. The molecule has 2 aromatic carbocycles. The van der Waals surface area contributed by atoms with Crippen LogP contribution in [0.15, 0.2) is 46.9 Å². The molecular weight excluding hydrogens is 414 g/mol. The first-order chi connectivity index (χ1) is 14.4. The number of hydrogen-bond donors (Lipinski definition) is 1. The number of thiazole rings is 1. The molecule has 1 amide bonds. The maximum atomic E-state index is 14.0. The molecule has 4 aromatic rings. The molecule has 0 unspecified atom stereocenters. The van der Waals surface area contributed by atoms with Crippen molar-refractivity contribution in [1.82, 2.24) is 4.98 Å². The van der Waals surface area contributed by atoms with Crippen LogP contribution in [-0.2, 0) is 4.74 Å². The number of aromatic nitrogens is 1. The largest absolute Gasteiger partial charge is 0.465 e. The van der Waals surface area contributed by atoms with Crippen LogP contribution in [-0.4, -0.2) is 24.0 Å². The van der Waals surface area contributed by atoms with Gasteiger partial charge in [0.1, 0.15) is 28.0 Å². The van der Waals surface area contributed by atoms with Crippen LogP contribution in [0.3, 0.4) is 0 Å². The number of carbonyl (C=O) groups excluding carboxylic acids is 2. The standard InChI is InChI=1S/C21H14F2N2O4S/c1-10-16(21(27)28-2)17(20-24-14-5-3-4-6-15(14)30-20)19(29-10)25-18(26)12-9-11(22)7-8-13(12)23/h3-9H,1-2H3,(H,25,26). The van der Waals surface area contributed by atoms with Gasteiger partial charge in [0.05, 0.1) is 28.5 Å². The number of para-hydroxylation sites is 1. The molecule has 0 radical (unpaired) electrons.